The van der Waals surface area contributed by atoms with Crippen LogP contribution in [-0.4, -0.2) is 11.2 Å². The number of nitrogens with one attached hydrogen (secondary N) is 1. The van der Waals surface area contributed by atoms with Crippen molar-refractivity contribution in [3.63, 3.8) is 0 Å². The molecule has 0 amide bonds. The van der Waals surface area contributed by atoms with Crippen molar-refractivity contribution in [1.29, 1.82) is 0 Å². The van der Waals surface area contributed by atoms with E-state index in [2.05, 4.69) is 15.5 Å². The Morgan fingerprint density at radius 1 is 0.923 bits per heavy atom. The summed E-state index contributed by atoms with van der Waals surface area (Å²) in [6.07, 6.45) is -2.01. The molecule has 1 N–H and O–H groups in total. The minimum Gasteiger partial charge on any atom is -0.261 e. The summed E-state index contributed by atoms with van der Waals surface area (Å²) in [7, 11) is 0. The van der Waals surface area contributed by atoms with Crippen molar-refractivity contribution >= 4 is 23.8 Å². The smallest absolute Gasteiger partial charge is 0.261 e. The second-order valence-corrected chi connectivity index (χ2v) is 6.37. The van der Waals surface area contributed by atoms with Crippen molar-refractivity contribution in [2.24, 2.45) is 5.10 Å². The molecule has 0 saturated carbocycles. The summed E-state index contributed by atoms with van der Waals surface area (Å²) in [5.74, 6) is 0.238. The van der Waals surface area contributed by atoms with Crippen molar-refractivity contribution in [2.45, 2.75) is 16.0 Å². The summed E-state index contributed by atoms with van der Waals surface area (Å²) >= 11 is 1.61. The molecule has 7 heteroatoms. The van der Waals surface area contributed by atoms with Crippen LogP contribution in [0.4, 0.5) is 19.0 Å². The van der Waals surface area contributed by atoms with Gasteiger partial charge in [0.25, 0.3) is 0 Å². The molecule has 2 aromatic carbocycles. The maximum absolute atomic E-state index is 12.5. The fraction of sp³-hybridized carbons (Fsp3) is 0.0526. The lowest BCUT2D eigenvalue weighted by molar-refractivity contribution is -0.137. The second kappa shape index (κ2) is 8.05. The van der Waals surface area contributed by atoms with Crippen LogP contribution in [-0.2, 0) is 6.18 Å². The first-order chi connectivity index (χ1) is 12.5. The summed E-state index contributed by atoms with van der Waals surface area (Å²) < 4.78 is 37.6. The van der Waals surface area contributed by atoms with E-state index in [0.29, 0.717) is 0 Å². The molecule has 0 spiro atoms. The van der Waals surface area contributed by atoms with E-state index in [1.54, 1.807) is 18.0 Å². The highest BCUT2D eigenvalue weighted by molar-refractivity contribution is 7.99. The van der Waals surface area contributed by atoms with Crippen LogP contribution in [0.3, 0.4) is 0 Å². The van der Waals surface area contributed by atoms with E-state index < -0.39 is 11.7 Å². The number of aromatic nitrogens is 1. The lowest BCUT2D eigenvalue weighted by atomic mass is 10.2. The van der Waals surface area contributed by atoms with Crippen molar-refractivity contribution in [3.05, 3.63) is 84.1 Å². The number of rotatable bonds is 5. The molecular formula is C19H14F3N3S. The van der Waals surface area contributed by atoms with Gasteiger partial charge in [0.15, 0.2) is 0 Å². The Labute approximate surface area is 153 Å². The molecule has 0 fully saturated rings. The van der Waals surface area contributed by atoms with E-state index >= 15 is 0 Å². The van der Waals surface area contributed by atoms with Crippen LogP contribution in [0.2, 0.25) is 0 Å². The molecule has 3 aromatic rings. The molecule has 0 unspecified atom stereocenters. The van der Waals surface area contributed by atoms with Gasteiger partial charge < -0.3 is 0 Å². The van der Waals surface area contributed by atoms with E-state index in [4.69, 9.17) is 0 Å². The lowest BCUT2D eigenvalue weighted by Gasteiger charge is -2.07. The number of nitrogens with zero attached hydrogens (tertiary/aromatic N) is 2. The minimum absolute atomic E-state index is 0.238. The molecule has 0 bridgehead atoms. The Morgan fingerprint density at radius 2 is 1.65 bits per heavy atom. The normalized spacial score (nSPS) is 11.7. The van der Waals surface area contributed by atoms with Gasteiger partial charge >= 0.3 is 6.18 Å². The Kier molecular flexibility index (Phi) is 5.58. The third-order valence-corrected chi connectivity index (χ3v) is 4.46. The van der Waals surface area contributed by atoms with Gasteiger partial charge in [0.1, 0.15) is 5.82 Å². The molecule has 3 rings (SSSR count). The van der Waals surface area contributed by atoms with Crippen molar-refractivity contribution < 1.29 is 13.2 Å². The first-order valence-corrected chi connectivity index (χ1v) is 8.48. The largest absolute Gasteiger partial charge is 0.417 e. The number of pyridine rings is 1. The third-order valence-electron chi connectivity index (χ3n) is 3.36. The highest BCUT2D eigenvalue weighted by Crippen LogP contribution is 2.30. The zero-order chi connectivity index (χ0) is 18.4. The number of anilines is 1. The Bertz CT molecular complexity index is 879. The van der Waals surface area contributed by atoms with Gasteiger partial charge in [-0.3, -0.25) is 5.43 Å². The first kappa shape index (κ1) is 18.0. The summed E-state index contributed by atoms with van der Waals surface area (Å²) in [6.45, 7) is 0. The van der Waals surface area contributed by atoms with E-state index in [9.17, 15) is 13.2 Å². The summed E-state index contributed by atoms with van der Waals surface area (Å²) in [4.78, 5) is 5.84. The standard InChI is InChI=1S/C19H14F3N3S/c20-19(21,22)15-10-11-18(23-13-15)25-24-12-14-6-4-5-9-17(14)26-16-7-2-1-3-8-16/h1-13H,(H,23,25)/b24-12+. The van der Waals surface area contributed by atoms with Gasteiger partial charge in [-0.2, -0.15) is 18.3 Å². The van der Waals surface area contributed by atoms with Crippen LogP contribution >= 0.6 is 11.8 Å². The molecule has 0 radical (unpaired) electrons. The third kappa shape index (κ3) is 4.86. The second-order valence-electron chi connectivity index (χ2n) is 5.25. The SMILES string of the molecule is FC(F)(F)c1ccc(N/N=C/c2ccccc2Sc2ccccc2)nc1. The molecular weight excluding hydrogens is 359 g/mol. The predicted octanol–water partition coefficient (Wildman–Crippen LogP) is 5.70. The number of hydrogen-bond acceptors (Lipinski definition) is 4. The molecule has 1 heterocycles. The lowest BCUT2D eigenvalue weighted by Crippen LogP contribution is -2.05. The van der Waals surface area contributed by atoms with Crippen molar-refractivity contribution in [1.82, 2.24) is 4.98 Å². The average Bonchev–Trinajstić information content (AvgIpc) is 2.64. The molecule has 1 aromatic heterocycles. The van der Waals surface area contributed by atoms with Crippen LogP contribution in [0.15, 0.2) is 87.8 Å². The topological polar surface area (TPSA) is 37.3 Å². The zero-order valence-corrected chi connectivity index (χ0v) is 14.3. The van der Waals surface area contributed by atoms with Crippen LogP contribution in [0, 0.1) is 0 Å². The fourth-order valence-corrected chi connectivity index (χ4v) is 3.02. The van der Waals surface area contributed by atoms with Gasteiger partial charge in [0, 0.05) is 21.6 Å². The van der Waals surface area contributed by atoms with Crippen LogP contribution < -0.4 is 5.43 Å². The van der Waals surface area contributed by atoms with Crippen LogP contribution in [0.5, 0.6) is 0 Å². The maximum atomic E-state index is 12.5. The van der Waals surface area contributed by atoms with Crippen molar-refractivity contribution in [2.75, 3.05) is 5.43 Å². The number of halogens is 3. The molecule has 0 atom stereocenters. The quantitative estimate of drug-likeness (QED) is 0.461. The van der Waals surface area contributed by atoms with E-state index in [1.165, 1.54) is 6.07 Å². The first-order valence-electron chi connectivity index (χ1n) is 7.66. The van der Waals surface area contributed by atoms with E-state index in [0.717, 1.165) is 27.6 Å². The number of benzene rings is 2. The summed E-state index contributed by atoms with van der Waals surface area (Å²) in [5.41, 5.74) is 2.74. The summed E-state index contributed by atoms with van der Waals surface area (Å²) in [6, 6.07) is 19.9. The van der Waals surface area contributed by atoms with Crippen LogP contribution in [0.25, 0.3) is 0 Å². The molecule has 3 nitrogen and oxygen atoms in total. The van der Waals surface area contributed by atoms with Gasteiger partial charge in [0.05, 0.1) is 11.8 Å². The van der Waals surface area contributed by atoms with Gasteiger partial charge in [-0.15, -0.1) is 0 Å². The highest BCUT2D eigenvalue weighted by Gasteiger charge is 2.30. The molecule has 26 heavy (non-hydrogen) atoms. The molecule has 0 saturated heterocycles. The van der Waals surface area contributed by atoms with E-state index in [-0.39, 0.29) is 5.82 Å². The predicted molar refractivity (Wildman–Crippen MR) is 97.5 cm³/mol. The number of hydrogen-bond donors (Lipinski definition) is 1. The minimum atomic E-state index is -4.40. The Balaban J connectivity index is 1.69. The van der Waals surface area contributed by atoms with Gasteiger partial charge in [-0.05, 0) is 30.3 Å². The molecule has 0 aliphatic heterocycles. The fourth-order valence-electron chi connectivity index (χ4n) is 2.09. The monoisotopic (exact) mass is 373 g/mol. The number of hydrazone groups is 1. The van der Waals surface area contributed by atoms with Gasteiger partial charge in [-0.1, -0.05) is 48.2 Å². The Hall–Kier alpha value is -2.80. The van der Waals surface area contributed by atoms with E-state index in [1.807, 2.05) is 54.6 Å². The Morgan fingerprint density at radius 3 is 2.35 bits per heavy atom. The number of alkyl halides is 3. The highest BCUT2D eigenvalue weighted by atomic mass is 32.2. The summed E-state index contributed by atoms with van der Waals surface area (Å²) in [5, 5.41) is 4.07. The zero-order valence-electron chi connectivity index (χ0n) is 13.4. The van der Waals surface area contributed by atoms with Crippen molar-refractivity contribution in [3.8, 4) is 0 Å². The maximum Gasteiger partial charge on any atom is 0.417 e. The molecule has 132 valence electrons. The van der Waals surface area contributed by atoms with Gasteiger partial charge in [0.2, 0.25) is 0 Å². The van der Waals surface area contributed by atoms with Crippen LogP contribution in [0.1, 0.15) is 11.1 Å². The molecule has 0 aliphatic rings. The molecule has 0 aliphatic carbocycles. The average molecular weight is 373 g/mol. The van der Waals surface area contributed by atoms with Gasteiger partial charge in [-0.25, -0.2) is 4.98 Å².